The maximum atomic E-state index is 13.0. The first kappa shape index (κ1) is 12.4. The topological polar surface area (TPSA) is 12.0 Å². The van der Waals surface area contributed by atoms with E-state index in [9.17, 15) is 4.39 Å². The summed E-state index contributed by atoms with van der Waals surface area (Å²) in [6.45, 7) is 1.19. The Morgan fingerprint density at radius 1 is 1.33 bits per heavy atom. The smallest absolute Gasteiger partial charge is 0.124 e. The molecular weight excluding hydrogens is 249 g/mol. The Kier molecular flexibility index (Phi) is 3.58. The molecule has 1 aromatic carbocycles. The molecule has 1 heterocycles. The Hall–Kier alpha value is -0.600. The van der Waals surface area contributed by atoms with Crippen LogP contribution in [0.25, 0.3) is 0 Å². The molecule has 3 unspecified atom stereocenters. The van der Waals surface area contributed by atoms with Crippen LogP contribution in [-0.4, -0.2) is 12.6 Å². The van der Waals surface area contributed by atoms with E-state index < -0.39 is 0 Å². The molecule has 0 bridgehead atoms. The summed E-state index contributed by atoms with van der Waals surface area (Å²) < 4.78 is 13.0. The van der Waals surface area contributed by atoms with Gasteiger partial charge in [0.2, 0.25) is 0 Å². The molecule has 1 saturated heterocycles. The van der Waals surface area contributed by atoms with E-state index in [1.165, 1.54) is 37.9 Å². The summed E-state index contributed by atoms with van der Waals surface area (Å²) >= 11 is 6.07. The number of halogens is 2. The third-order valence-electron chi connectivity index (χ3n) is 4.62. The second kappa shape index (κ2) is 5.18. The van der Waals surface area contributed by atoms with Crippen LogP contribution in [0.3, 0.4) is 0 Å². The fourth-order valence-electron chi connectivity index (χ4n) is 3.65. The minimum atomic E-state index is -0.251. The monoisotopic (exact) mass is 267 g/mol. The van der Waals surface area contributed by atoms with E-state index in [1.54, 1.807) is 0 Å². The van der Waals surface area contributed by atoms with E-state index >= 15 is 0 Å². The van der Waals surface area contributed by atoms with E-state index in [-0.39, 0.29) is 5.82 Å². The highest BCUT2D eigenvalue weighted by Crippen LogP contribution is 2.39. The van der Waals surface area contributed by atoms with E-state index in [0.29, 0.717) is 11.1 Å². The molecule has 1 aromatic rings. The summed E-state index contributed by atoms with van der Waals surface area (Å²) in [4.78, 5) is 0. The van der Waals surface area contributed by atoms with Gasteiger partial charge in [0.25, 0.3) is 0 Å². The van der Waals surface area contributed by atoms with Crippen molar-refractivity contribution in [3.05, 3.63) is 34.6 Å². The minimum Gasteiger partial charge on any atom is -0.313 e. The third kappa shape index (κ3) is 2.41. The number of aryl methyl sites for hydroxylation is 1. The van der Waals surface area contributed by atoms with Crippen molar-refractivity contribution in [2.45, 2.75) is 38.1 Å². The summed E-state index contributed by atoms with van der Waals surface area (Å²) in [7, 11) is 0. The minimum absolute atomic E-state index is 0.251. The average Bonchev–Trinajstić information content (AvgIpc) is 2.91. The Labute approximate surface area is 113 Å². The van der Waals surface area contributed by atoms with Gasteiger partial charge < -0.3 is 5.32 Å². The number of hydrogen-bond acceptors (Lipinski definition) is 1. The SMILES string of the molecule is Fc1ccc(CCC2NCC3CCCC32)c(Cl)c1. The van der Waals surface area contributed by atoms with Gasteiger partial charge in [0.1, 0.15) is 5.82 Å². The van der Waals surface area contributed by atoms with Crippen LogP contribution in [0.4, 0.5) is 4.39 Å². The lowest BCUT2D eigenvalue weighted by molar-refractivity contribution is 0.393. The predicted octanol–water partition coefficient (Wildman–Crippen LogP) is 3.80. The van der Waals surface area contributed by atoms with Gasteiger partial charge in [0, 0.05) is 11.1 Å². The molecule has 0 aromatic heterocycles. The maximum Gasteiger partial charge on any atom is 0.124 e. The summed E-state index contributed by atoms with van der Waals surface area (Å²) in [5.74, 6) is 1.52. The molecule has 0 radical (unpaired) electrons. The van der Waals surface area contributed by atoms with Crippen LogP contribution in [-0.2, 0) is 6.42 Å². The van der Waals surface area contributed by atoms with Gasteiger partial charge in [-0.25, -0.2) is 4.39 Å². The van der Waals surface area contributed by atoms with Crippen molar-refractivity contribution in [2.75, 3.05) is 6.54 Å². The van der Waals surface area contributed by atoms with Crippen molar-refractivity contribution >= 4 is 11.6 Å². The lowest BCUT2D eigenvalue weighted by atomic mass is 9.90. The van der Waals surface area contributed by atoms with Gasteiger partial charge in [-0.15, -0.1) is 0 Å². The molecule has 1 N–H and O–H groups in total. The molecule has 2 aliphatic rings. The molecule has 18 heavy (non-hydrogen) atoms. The van der Waals surface area contributed by atoms with Crippen LogP contribution >= 0.6 is 11.6 Å². The van der Waals surface area contributed by atoms with Crippen LogP contribution in [0, 0.1) is 17.7 Å². The van der Waals surface area contributed by atoms with Crippen molar-refractivity contribution in [2.24, 2.45) is 11.8 Å². The number of nitrogens with one attached hydrogen (secondary N) is 1. The molecule has 2 fully saturated rings. The van der Waals surface area contributed by atoms with Gasteiger partial charge in [-0.1, -0.05) is 24.1 Å². The molecule has 1 nitrogen and oxygen atoms in total. The van der Waals surface area contributed by atoms with Crippen molar-refractivity contribution in [1.82, 2.24) is 5.32 Å². The number of hydrogen-bond donors (Lipinski definition) is 1. The third-order valence-corrected chi connectivity index (χ3v) is 4.97. The average molecular weight is 268 g/mol. The summed E-state index contributed by atoms with van der Waals surface area (Å²) in [6, 6.07) is 5.37. The van der Waals surface area contributed by atoms with Gasteiger partial charge in [0.05, 0.1) is 0 Å². The highest BCUT2D eigenvalue weighted by molar-refractivity contribution is 6.31. The van der Waals surface area contributed by atoms with Crippen LogP contribution in [0.1, 0.15) is 31.2 Å². The fraction of sp³-hybridized carbons (Fsp3) is 0.600. The first-order valence-electron chi connectivity index (χ1n) is 6.91. The number of benzene rings is 1. The van der Waals surface area contributed by atoms with Crippen LogP contribution < -0.4 is 5.32 Å². The second-order valence-corrected chi connectivity index (χ2v) is 6.05. The zero-order valence-electron chi connectivity index (χ0n) is 10.5. The molecule has 0 spiro atoms. The zero-order chi connectivity index (χ0) is 12.5. The Balaban J connectivity index is 1.61. The highest BCUT2D eigenvalue weighted by Gasteiger charge is 2.38. The predicted molar refractivity (Wildman–Crippen MR) is 72.4 cm³/mol. The van der Waals surface area contributed by atoms with E-state index in [4.69, 9.17) is 11.6 Å². The molecule has 98 valence electrons. The molecule has 3 heteroatoms. The summed E-state index contributed by atoms with van der Waals surface area (Å²) in [6.07, 6.45) is 6.22. The molecule has 1 aliphatic carbocycles. The van der Waals surface area contributed by atoms with Crippen LogP contribution in [0.2, 0.25) is 5.02 Å². The fourth-order valence-corrected chi connectivity index (χ4v) is 3.92. The first-order chi connectivity index (χ1) is 8.74. The van der Waals surface area contributed by atoms with Crippen molar-refractivity contribution < 1.29 is 4.39 Å². The molecular formula is C15H19ClFN. The standard InChI is InChI=1S/C15H19ClFN/c16-14-8-12(17)6-4-10(14)5-7-15-13-3-1-2-11(13)9-18-15/h4,6,8,11,13,15,18H,1-3,5,7,9H2. The highest BCUT2D eigenvalue weighted by atomic mass is 35.5. The lowest BCUT2D eigenvalue weighted by Gasteiger charge is -2.18. The molecule has 0 amide bonds. The maximum absolute atomic E-state index is 13.0. The summed E-state index contributed by atoms with van der Waals surface area (Å²) in [5.41, 5.74) is 1.07. The Bertz CT molecular complexity index is 435. The van der Waals surface area contributed by atoms with Crippen LogP contribution in [0.5, 0.6) is 0 Å². The lowest BCUT2D eigenvalue weighted by Crippen LogP contribution is -2.27. The van der Waals surface area contributed by atoms with Crippen molar-refractivity contribution in [1.29, 1.82) is 0 Å². The van der Waals surface area contributed by atoms with Crippen molar-refractivity contribution in [3.63, 3.8) is 0 Å². The Morgan fingerprint density at radius 2 is 2.22 bits per heavy atom. The largest absolute Gasteiger partial charge is 0.313 e. The molecule has 3 rings (SSSR count). The number of fused-ring (bicyclic) bond motifs is 1. The number of rotatable bonds is 3. The first-order valence-corrected chi connectivity index (χ1v) is 7.29. The van der Waals surface area contributed by atoms with E-state index in [1.807, 2.05) is 6.07 Å². The molecule has 1 saturated carbocycles. The van der Waals surface area contributed by atoms with Gasteiger partial charge in [0.15, 0.2) is 0 Å². The molecule has 3 atom stereocenters. The Morgan fingerprint density at radius 3 is 3.06 bits per heavy atom. The second-order valence-electron chi connectivity index (χ2n) is 5.64. The van der Waals surface area contributed by atoms with E-state index in [0.717, 1.165) is 30.2 Å². The quantitative estimate of drug-likeness (QED) is 0.878. The molecule has 1 aliphatic heterocycles. The normalized spacial score (nSPS) is 30.7. The van der Waals surface area contributed by atoms with Crippen molar-refractivity contribution in [3.8, 4) is 0 Å². The zero-order valence-corrected chi connectivity index (χ0v) is 11.2. The summed E-state index contributed by atoms with van der Waals surface area (Å²) in [5, 5.41) is 4.21. The van der Waals surface area contributed by atoms with Gasteiger partial charge in [-0.2, -0.15) is 0 Å². The van der Waals surface area contributed by atoms with Gasteiger partial charge >= 0.3 is 0 Å². The van der Waals surface area contributed by atoms with Crippen LogP contribution in [0.15, 0.2) is 18.2 Å². The van der Waals surface area contributed by atoms with Gasteiger partial charge in [-0.3, -0.25) is 0 Å². The van der Waals surface area contributed by atoms with Gasteiger partial charge in [-0.05, 0) is 61.8 Å². The van der Waals surface area contributed by atoms with E-state index in [2.05, 4.69) is 5.32 Å².